The van der Waals surface area contributed by atoms with Gasteiger partial charge in [0.15, 0.2) is 5.83 Å². The monoisotopic (exact) mass is 454 g/mol. The fourth-order valence-electron chi connectivity index (χ4n) is 4.09. The van der Waals surface area contributed by atoms with Gasteiger partial charge in [-0.2, -0.15) is 0 Å². The smallest absolute Gasteiger partial charge is 0.303 e. The summed E-state index contributed by atoms with van der Waals surface area (Å²) < 4.78 is 13.5. The number of anilines is 1. The second-order valence-electron chi connectivity index (χ2n) is 7.08. The summed E-state index contributed by atoms with van der Waals surface area (Å²) in [5, 5.41) is 15.9. The van der Waals surface area contributed by atoms with Crippen LogP contribution >= 0.6 is 36.4 Å². The zero-order valence-corrected chi connectivity index (χ0v) is 17.7. The Hall–Kier alpha value is -1.12. The van der Waals surface area contributed by atoms with Gasteiger partial charge in [-0.25, -0.2) is 14.9 Å². The molecular weight excluding hydrogens is 430 g/mol. The molecule has 2 heterocycles. The minimum Gasteiger partial charge on any atom is -0.362 e. The van der Waals surface area contributed by atoms with Crippen molar-refractivity contribution in [2.45, 2.75) is 44.1 Å². The first kappa shape index (κ1) is 24.9. The maximum Gasteiger partial charge on any atom is 0.303 e. The van der Waals surface area contributed by atoms with E-state index in [-0.39, 0.29) is 30.4 Å². The summed E-state index contributed by atoms with van der Waals surface area (Å²) in [7, 11) is 0. The highest BCUT2D eigenvalue weighted by molar-refractivity contribution is 6.33. The molecule has 4 N–H and O–H groups in total. The molecule has 1 aliphatic carbocycles. The number of halogens is 4. The van der Waals surface area contributed by atoms with Crippen LogP contribution in [0.2, 0.25) is 5.02 Å². The van der Waals surface area contributed by atoms with Gasteiger partial charge < -0.3 is 10.6 Å². The highest BCUT2D eigenvalue weighted by Gasteiger charge is 2.41. The number of aromatic nitrogens is 1. The Morgan fingerprint density at radius 3 is 2.64 bits per heavy atom. The molecule has 1 aromatic heterocycles. The SMILES string of the molecule is Cl.Cl.O=C(NO)/C(F)=C/c1cnc(N[C@@]2(C3CCCC3)CCCNC2)c(Cl)c1. The van der Waals surface area contributed by atoms with Crippen molar-refractivity contribution in [1.29, 1.82) is 0 Å². The van der Waals surface area contributed by atoms with E-state index in [4.69, 9.17) is 16.8 Å². The van der Waals surface area contributed by atoms with E-state index in [2.05, 4.69) is 15.6 Å². The lowest BCUT2D eigenvalue weighted by Gasteiger charge is -2.44. The average molecular weight is 456 g/mol. The molecule has 3 rings (SSSR count). The number of carbonyl (C=O) groups is 1. The molecule has 10 heteroatoms. The molecule has 158 valence electrons. The van der Waals surface area contributed by atoms with Gasteiger partial charge in [-0.1, -0.05) is 24.4 Å². The number of nitrogens with one attached hydrogen (secondary N) is 3. The van der Waals surface area contributed by atoms with Crippen molar-refractivity contribution >= 4 is 54.2 Å². The number of piperidine rings is 1. The van der Waals surface area contributed by atoms with Gasteiger partial charge in [0.05, 0.1) is 10.6 Å². The third kappa shape index (κ3) is 5.70. The van der Waals surface area contributed by atoms with Crippen LogP contribution in [0.25, 0.3) is 6.08 Å². The molecule has 0 radical (unpaired) electrons. The van der Waals surface area contributed by atoms with Crippen molar-refractivity contribution in [2.24, 2.45) is 5.92 Å². The average Bonchev–Trinajstić information content (AvgIpc) is 3.19. The van der Waals surface area contributed by atoms with Crippen molar-refractivity contribution in [2.75, 3.05) is 18.4 Å². The number of pyridine rings is 1. The Morgan fingerprint density at radius 1 is 1.36 bits per heavy atom. The van der Waals surface area contributed by atoms with Gasteiger partial charge >= 0.3 is 5.91 Å². The van der Waals surface area contributed by atoms with E-state index in [0.717, 1.165) is 32.0 Å². The second-order valence-corrected chi connectivity index (χ2v) is 7.48. The number of nitrogens with zero attached hydrogens (tertiary/aromatic N) is 1. The number of hydroxylamine groups is 1. The van der Waals surface area contributed by atoms with Gasteiger partial charge in [0.1, 0.15) is 5.82 Å². The Morgan fingerprint density at radius 2 is 2.07 bits per heavy atom. The summed E-state index contributed by atoms with van der Waals surface area (Å²) in [6.07, 6.45) is 9.51. The number of hydrogen-bond acceptors (Lipinski definition) is 5. The predicted octanol–water partition coefficient (Wildman–Crippen LogP) is 4.12. The molecule has 1 aliphatic heterocycles. The van der Waals surface area contributed by atoms with Crippen LogP contribution in [-0.2, 0) is 4.79 Å². The highest BCUT2D eigenvalue weighted by atomic mass is 35.5. The van der Waals surface area contributed by atoms with E-state index < -0.39 is 11.7 Å². The molecule has 1 saturated carbocycles. The summed E-state index contributed by atoms with van der Waals surface area (Å²) in [6.45, 7) is 1.90. The maximum absolute atomic E-state index is 13.5. The minimum absolute atomic E-state index is 0. The van der Waals surface area contributed by atoms with Gasteiger partial charge in [0, 0.05) is 12.7 Å². The molecule has 0 spiro atoms. The standard InChI is InChI=1S/C18H24ClFN4O2.2ClH/c19-14-8-12(9-15(20)17(25)24-26)10-22-16(14)23-18(6-3-7-21-11-18)13-4-1-2-5-13;;/h8-10,13,21,26H,1-7,11H2,(H,22,23)(H,24,25);2*1H/b15-9-;;/t18-;;/m0../s1. The van der Waals surface area contributed by atoms with Crippen LogP contribution in [0.15, 0.2) is 18.1 Å². The lowest BCUT2D eigenvalue weighted by molar-refractivity contribution is -0.126. The van der Waals surface area contributed by atoms with E-state index in [9.17, 15) is 9.18 Å². The van der Waals surface area contributed by atoms with E-state index in [0.29, 0.717) is 22.3 Å². The number of carbonyl (C=O) groups excluding carboxylic acids is 1. The van der Waals surface area contributed by atoms with Crippen molar-refractivity contribution in [1.82, 2.24) is 15.8 Å². The summed E-state index contributed by atoms with van der Waals surface area (Å²) >= 11 is 6.37. The molecule has 2 aliphatic rings. The fraction of sp³-hybridized carbons (Fsp3) is 0.556. The zero-order valence-electron chi connectivity index (χ0n) is 15.3. The van der Waals surface area contributed by atoms with E-state index in [1.54, 1.807) is 6.07 Å². The van der Waals surface area contributed by atoms with Gasteiger partial charge in [-0.05, 0) is 55.9 Å². The van der Waals surface area contributed by atoms with Gasteiger partial charge in [-0.15, -0.1) is 24.8 Å². The zero-order chi connectivity index (χ0) is 18.6. The first-order valence-corrected chi connectivity index (χ1v) is 9.38. The van der Waals surface area contributed by atoms with Crippen LogP contribution in [-0.4, -0.2) is 34.7 Å². The molecule has 2 fully saturated rings. The lowest BCUT2D eigenvalue weighted by Crippen LogP contribution is -2.55. The number of amides is 1. The van der Waals surface area contributed by atoms with Crippen LogP contribution in [0.4, 0.5) is 10.2 Å². The number of hydrogen-bond donors (Lipinski definition) is 4. The van der Waals surface area contributed by atoms with Gasteiger partial charge in [0.2, 0.25) is 0 Å². The normalized spacial score (nSPS) is 22.8. The van der Waals surface area contributed by atoms with Gasteiger partial charge in [0.25, 0.3) is 0 Å². The molecular formula is C18H26Cl3FN4O2. The third-order valence-corrected chi connectivity index (χ3v) is 5.68. The Bertz CT molecular complexity index is 693. The molecule has 28 heavy (non-hydrogen) atoms. The molecule has 6 nitrogen and oxygen atoms in total. The largest absolute Gasteiger partial charge is 0.362 e. The fourth-order valence-corrected chi connectivity index (χ4v) is 4.31. The summed E-state index contributed by atoms with van der Waals surface area (Å²) in [4.78, 5) is 15.4. The van der Waals surface area contributed by atoms with Crippen molar-refractivity contribution in [3.05, 3.63) is 28.7 Å². The minimum atomic E-state index is -1.21. The summed E-state index contributed by atoms with van der Waals surface area (Å²) in [6, 6.07) is 1.56. The van der Waals surface area contributed by atoms with E-state index in [1.165, 1.54) is 37.4 Å². The lowest BCUT2D eigenvalue weighted by atomic mass is 9.77. The van der Waals surface area contributed by atoms with Crippen molar-refractivity contribution in [3.63, 3.8) is 0 Å². The molecule has 1 saturated heterocycles. The maximum atomic E-state index is 13.5. The second kappa shape index (κ2) is 11.2. The first-order chi connectivity index (χ1) is 12.5. The van der Waals surface area contributed by atoms with E-state index in [1.807, 2.05) is 0 Å². The third-order valence-electron chi connectivity index (χ3n) is 5.40. The first-order valence-electron chi connectivity index (χ1n) is 9.00. The molecule has 1 aromatic rings. The van der Waals surface area contributed by atoms with Crippen LogP contribution in [0, 0.1) is 5.92 Å². The molecule has 1 amide bonds. The van der Waals surface area contributed by atoms with Crippen LogP contribution in [0.1, 0.15) is 44.1 Å². The Kier molecular flexibility index (Phi) is 9.94. The van der Waals surface area contributed by atoms with Crippen LogP contribution < -0.4 is 16.1 Å². The molecule has 1 atom stereocenters. The highest BCUT2D eigenvalue weighted by Crippen LogP contribution is 2.40. The summed E-state index contributed by atoms with van der Waals surface area (Å²) in [5.41, 5.74) is 1.53. The van der Waals surface area contributed by atoms with Crippen LogP contribution in [0.3, 0.4) is 0 Å². The Balaban J connectivity index is 0.00000196. The van der Waals surface area contributed by atoms with E-state index >= 15 is 0 Å². The summed E-state index contributed by atoms with van der Waals surface area (Å²) in [5.74, 6) is -1.17. The molecule has 0 unspecified atom stereocenters. The topological polar surface area (TPSA) is 86.3 Å². The Labute approximate surface area is 181 Å². The quantitative estimate of drug-likeness (QED) is 0.305. The number of rotatable bonds is 5. The van der Waals surface area contributed by atoms with Crippen molar-refractivity contribution in [3.8, 4) is 0 Å². The molecule has 0 aromatic carbocycles. The van der Waals surface area contributed by atoms with Crippen LogP contribution in [0.5, 0.6) is 0 Å². The van der Waals surface area contributed by atoms with Crippen molar-refractivity contribution < 1.29 is 14.4 Å². The molecule has 0 bridgehead atoms. The van der Waals surface area contributed by atoms with Gasteiger partial charge in [-0.3, -0.25) is 10.0 Å². The predicted molar refractivity (Wildman–Crippen MR) is 113 cm³/mol.